The van der Waals surface area contributed by atoms with Crippen LogP contribution in [0.2, 0.25) is 0 Å². The van der Waals surface area contributed by atoms with Crippen LogP contribution in [0, 0.1) is 5.82 Å². The number of halogens is 1. The number of carbonyl (C=O) groups is 2. The molecule has 6 nitrogen and oxygen atoms in total. The zero-order valence-electron chi connectivity index (χ0n) is 18.2. The summed E-state index contributed by atoms with van der Waals surface area (Å²) in [4.78, 5) is 29.6. The Morgan fingerprint density at radius 3 is 2.78 bits per heavy atom. The summed E-state index contributed by atoms with van der Waals surface area (Å²) in [7, 11) is 0. The van der Waals surface area contributed by atoms with Crippen molar-refractivity contribution >= 4 is 11.8 Å². The summed E-state index contributed by atoms with van der Waals surface area (Å²) < 4.78 is 19.7. The molecule has 0 aliphatic carbocycles. The number of ether oxygens (including phenoxy) is 1. The van der Waals surface area contributed by atoms with Gasteiger partial charge in [-0.25, -0.2) is 4.39 Å². The SMILES string of the molecule is CCN1C(=O)CN[C@H]2C[C@H](C(=O)N3CCc4ccccc4[C@@H]3c3ccc(F)cc3)OCC21.[HH]. The fourth-order valence-corrected chi connectivity index (χ4v) is 5.39. The van der Waals surface area contributed by atoms with E-state index in [1.807, 2.05) is 34.9 Å². The van der Waals surface area contributed by atoms with Crippen molar-refractivity contribution in [2.24, 2.45) is 0 Å². The number of likely N-dealkylation sites (N-methyl/N-ethyl adjacent to an activating group) is 1. The summed E-state index contributed by atoms with van der Waals surface area (Å²) in [6.45, 7) is 3.83. The van der Waals surface area contributed by atoms with Gasteiger partial charge in [0.2, 0.25) is 5.91 Å². The number of hydrogen-bond donors (Lipinski definition) is 1. The number of hydrogen-bond acceptors (Lipinski definition) is 4. The molecule has 0 radical (unpaired) electrons. The summed E-state index contributed by atoms with van der Waals surface area (Å²) >= 11 is 0. The summed E-state index contributed by atoms with van der Waals surface area (Å²) in [5.41, 5.74) is 3.17. The average Bonchev–Trinajstić information content (AvgIpc) is 2.83. The Morgan fingerprint density at radius 1 is 1.22 bits per heavy atom. The van der Waals surface area contributed by atoms with E-state index in [0.717, 1.165) is 17.5 Å². The Balaban J connectivity index is 0.00000259. The lowest BCUT2D eigenvalue weighted by Gasteiger charge is -2.47. The van der Waals surface area contributed by atoms with Gasteiger partial charge in [-0.1, -0.05) is 36.4 Å². The van der Waals surface area contributed by atoms with E-state index in [1.165, 1.54) is 17.7 Å². The van der Waals surface area contributed by atoms with Crippen LogP contribution in [0.25, 0.3) is 0 Å². The molecule has 2 fully saturated rings. The second-order valence-electron chi connectivity index (χ2n) is 8.73. The van der Waals surface area contributed by atoms with E-state index >= 15 is 0 Å². The lowest BCUT2D eigenvalue weighted by Crippen LogP contribution is -2.66. The number of nitrogens with one attached hydrogen (secondary N) is 1. The second-order valence-corrected chi connectivity index (χ2v) is 8.73. The van der Waals surface area contributed by atoms with Gasteiger partial charge in [0.25, 0.3) is 5.91 Å². The molecule has 3 heterocycles. The number of amides is 2. The second kappa shape index (κ2) is 8.64. The van der Waals surface area contributed by atoms with Crippen molar-refractivity contribution in [2.45, 2.75) is 44.0 Å². The Morgan fingerprint density at radius 2 is 2.00 bits per heavy atom. The van der Waals surface area contributed by atoms with Crippen LogP contribution in [-0.4, -0.2) is 66.0 Å². The Labute approximate surface area is 188 Å². The molecule has 1 N–H and O–H groups in total. The molecular weight excluding hydrogens is 409 g/mol. The molecule has 0 aromatic heterocycles. The van der Waals surface area contributed by atoms with Gasteiger partial charge >= 0.3 is 0 Å². The molecular formula is C25H30FN3O3. The van der Waals surface area contributed by atoms with E-state index < -0.39 is 6.10 Å². The number of benzene rings is 2. The molecule has 2 amide bonds. The zero-order valence-corrected chi connectivity index (χ0v) is 18.2. The van der Waals surface area contributed by atoms with Gasteiger partial charge in [-0.05, 0) is 42.2 Å². The van der Waals surface area contributed by atoms with E-state index in [9.17, 15) is 14.0 Å². The molecule has 5 rings (SSSR count). The van der Waals surface area contributed by atoms with Crippen LogP contribution in [0.5, 0.6) is 0 Å². The van der Waals surface area contributed by atoms with Crippen molar-refractivity contribution < 1.29 is 20.1 Å². The van der Waals surface area contributed by atoms with Crippen LogP contribution in [0.1, 0.15) is 37.5 Å². The number of nitrogens with zero attached hydrogens (tertiary/aromatic N) is 2. The van der Waals surface area contributed by atoms with Crippen molar-refractivity contribution in [3.63, 3.8) is 0 Å². The maximum Gasteiger partial charge on any atom is 0.252 e. The van der Waals surface area contributed by atoms with Gasteiger partial charge in [0.15, 0.2) is 0 Å². The number of piperazine rings is 1. The smallest absolute Gasteiger partial charge is 0.252 e. The van der Waals surface area contributed by atoms with Crippen LogP contribution < -0.4 is 5.32 Å². The molecule has 2 saturated heterocycles. The minimum absolute atomic E-state index is 0. The van der Waals surface area contributed by atoms with Crippen LogP contribution in [0.15, 0.2) is 48.5 Å². The fourth-order valence-electron chi connectivity index (χ4n) is 5.39. The predicted molar refractivity (Wildman–Crippen MR) is 120 cm³/mol. The minimum Gasteiger partial charge on any atom is -0.366 e. The molecule has 32 heavy (non-hydrogen) atoms. The highest BCUT2D eigenvalue weighted by atomic mass is 19.1. The third-order valence-corrected chi connectivity index (χ3v) is 7.01. The summed E-state index contributed by atoms with van der Waals surface area (Å²) in [6, 6.07) is 14.3. The molecule has 0 bridgehead atoms. The van der Waals surface area contributed by atoms with E-state index in [2.05, 4.69) is 11.4 Å². The first-order valence-electron chi connectivity index (χ1n) is 11.3. The number of carbonyl (C=O) groups excluding carboxylic acids is 2. The zero-order chi connectivity index (χ0) is 22.2. The molecule has 0 saturated carbocycles. The first kappa shape index (κ1) is 21.1. The summed E-state index contributed by atoms with van der Waals surface area (Å²) in [5, 5.41) is 3.30. The van der Waals surface area contributed by atoms with E-state index in [1.54, 1.807) is 12.1 Å². The fraction of sp³-hybridized carbons (Fsp3) is 0.440. The van der Waals surface area contributed by atoms with Gasteiger partial charge in [-0.15, -0.1) is 0 Å². The number of rotatable bonds is 3. The normalized spacial score (nSPS) is 27.6. The van der Waals surface area contributed by atoms with Crippen molar-refractivity contribution in [3.05, 3.63) is 71.0 Å². The van der Waals surface area contributed by atoms with Gasteiger partial charge in [0, 0.05) is 27.0 Å². The minimum atomic E-state index is -0.566. The van der Waals surface area contributed by atoms with Crippen molar-refractivity contribution in [2.75, 3.05) is 26.2 Å². The lowest BCUT2D eigenvalue weighted by molar-refractivity contribution is -0.158. The van der Waals surface area contributed by atoms with Gasteiger partial charge < -0.3 is 19.9 Å². The monoisotopic (exact) mass is 439 g/mol. The molecule has 7 heteroatoms. The van der Waals surface area contributed by atoms with Crippen LogP contribution in [0.3, 0.4) is 0 Å². The van der Waals surface area contributed by atoms with E-state index in [4.69, 9.17) is 4.74 Å². The highest BCUT2D eigenvalue weighted by molar-refractivity contribution is 5.83. The molecule has 3 aliphatic heterocycles. The van der Waals surface area contributed by atoms with Gasteiger partial charge in [-0.2, -0.15) is 0 Å². The lowest BCUT2D eigenvalue weighted by atomic mass is 9.87. The molecule has 0 spiro atoms. The Hall–Kier alpha value is -2.77. The maximum atomic E-state index is 13.7. The third kappa shape index (κ3) is 3.69. The van der Waals surface area contributed by atoms with E-state index in [-0.39, 0.29) is 37.2 Å². The highest BCUT2D eigenvalue weighted by Gasteiger charge is 2.44. The standard InChI is InChI=1S/C25H28FN3O3.H2/c1-2-28-21-15-32-22(13-20(21)27-14-23(28)30)25(31)29-12-11-16-5-3-4-6-19(16)24(29)17-7-9-18(26)10-8-17;/h3-10,20-22,24,27H,2,11-15H2,1H3;1H/t20-,21?,22+,24-;/m0./s1. The largest absolute Gasteiger partial charge is 0.366 e. The van der Waals surface area contributed by atoms with Crippen molar-refractivity contribution in [3.8, 4) is 0 Å². The average molecular weight is 440 g/mol. The predicted octanol–water partition coefficient (Wildman–Crippen LogP) is 2.52. The Kier molecular flexibility index (Phi) is 5.69. The van der Waals surface area contributed by atoms with Crippen LogP contribution >= 0.6 is 0 Å². The molecule has 2 aromatic carbocycles. The Bertz CT molecular complexity index is 1020. The molecule has 4 atom stereocenters. The third-order valence-electron chi connectivity index (χ3n) is 7.01. The van der Waals surface area contributed by atoms with Crippen LogP contribution in [-0.2, 0) is 20.7 Å². The maximum absolute atomic E-state index is 13.7. The molecule has 2 aromatic rings. The summed E-state index contributed by atoms with van der Waals surface area (Å²) in [5.74, 6) is -0.268. The highest BCUT2D eigenvalue weighted by Crippen LogP contribution is 2.36. The van der Waals surface area contributed by atoms with Gasteiger partial charge in [0.05, 0.1) is 25.2 Å². The first-order chi connectivity index (χ1) is 15.6. The van der Waals surface area contributed by atoms with Crippen LogP contribution in [0.4, 0.5) is 4.39 Å². The number of fused-ring (bicyclic) bond motifs is 2. The van der Waals surface area contributed by atoms with Gasteiger partial charge in [0.1, 0.15) is 11.9 Å². The topological polar surface area (TPSA) is 61.9 Å². The quantitative estimate of drug-likeness (QED) is 0.799. The van der Waals surface area contributed by atoms with Crippen molar-refractivity contribution in [1.29, 1.82) is 0 Å². The first-order valence-corrected chi connectivity index (χ1v) is 11.3. The molecule has 3 aliphatic rings. The van der Waals surface area contributed by atoms with Gasteiger partial charge in [-0.3, -0.25) is 9.59 Å². The molecule has 1 unspecified atom stereocenters. The summed E-state index contributed by atoms with van der Waals surface area (Å²) in [6.07, 6.45) is 0.736. The molecule has 170 valence electrons. The van der Waals surface area contributed by atoms with Crippen molar-refractivity contribution in [1.82, 2.24) is 15.1 Å². The van der Waals surface area contributed by atoms with E-state index in [0.29, 0.717) is 32.7 Å².